The van der Waals surface area contributed by atoms with E-state index in [1.54, 1.807) is 0 Å². The fraction of sp³-hybridized carbons (Fsp3) is 0.815. The number of carbonyl (C=O) groups is 3. The molecule has 0 fully saturated rings. The molecule has 0 unspecified atom stereocenters. The molecule has 198 valence electrons. The van der Waals surface area contributed by atoms with Crippen LogP contribution in [0.5, 0.6) is 0 Å². The summed E-state index contributed by atoms with van der Waals surface area (Å²) in [5.74, 6) is -2.89. The molecule has 0 bridgehead atoms. The minimum Gasteiger partial charge on any atom is -0.481 e. The van der Waals surface area contributed by atoms with Crippen molar-refractivity contribution >= 4 is 17.9 Å². The molecule has 0 spiro atoms. The van der Waals surface area contributed by atoms with Gasteiger partial charge in [0.1, 0.15) is 0 Å². The van der Waals surface area contributed by atoms with E-state index < -0.39 is 17.9 Å². The fourth-order valence-corrected chi connectivity index (χ4v) is 4.27. The summed E-state index contributed by atoms with van der Waals surface area (Å²) in [4.78, 5) is 33.2. The Bertz CT molecular complexity index is 530. The van der Waals surface area contributed by atoms with E-state index in [0.717, 1.165) is 19.3 Å². The van der Waals surface area contributed by atoms with E-state index in [1.807, 2.05) is 12.3 Å². The number of allylic oxidation sites excluding steroid dienone is 1. The van der Waals surface area contributed by atoms with Gasteiger partial charge in [0.25, 0.3) is 0 Å². The van der Waals surface area contributed by atoms with E-state index in [1.165, 1.54) is 77.0 Å². The maximum Gasteiger partial charge on any atom is 0.309 e. The van der Waals surface area contributed by atoms with Crippen molar-refractivity contribution in [2.45, 2.75) is 122 Å². The summed E-state index contributed by atoms with van der Waals surface area (Å²) in [6.07, 6.45) is 22.5. The van der Waals surface area contributed by atoms with Gasteiger partial charge in [0.2, 0.25) is 0 Å². The molecule has 0 rings (SSSR count). The van der Waals surface area contributed by atoms with Crippen molar-refractivity contribution in [1.29, 1.82) is 0 Å². The maximum absolute atomic E-state index is 11.1. The Labute approximate surface area is 206 Å². The Morgan fingerprint density at radius 1 is 0.559 bits per heavy atom. The third kappa shape index (κ3) is 20.7. The second-order valence-electron chi connectivity index (χ2n) is 9.59. The van der Waals surface area contributed by atoms with Crippen molar-refractivity contribution < 1.29 is 34.2 Å². The summed E-state index contributed by atoms with van der Waals surface area (Å²) in [7, 11) is 0. The van der Waals surface area contributed by atoms with Gasteiger partial charge in [0, 0.05) is 0 Å². The summed E-state index contributed by atoms with van der Waals surface area (Å²) in [5.41, 5.74) is 0. The minimum absolute atomic E-state index is 0.0868. The van der Waals surface area contributed by atoms with E-state index in [4.69, 9.17) is 15.3 Å². The van der Waals surface area contributed by atoms with Crippen LogP contribution in [0, 0.1) is 0 Å². The van der Waals surface area contributed by atoms with Crippen LogP contribution >= 0.6 is 0 Å². The molecule has 0 saturated carbocycles. The zero-order valence-electron chi connectivity index (χ0n) is 21.5. The lowest BCUT2D eigenvalue weighted by Crippen LogP contribution is -2.47. The Morgan fingerprint density at radius 2 is 0.882 bits per heavy atom. The molecule has 7 heteroatoms. The summed E-state index contributed by atoms with van der Waals surface area (Å²) in [6.45, 7) is 2.85. The SMILES string of the molecule is CCCCCCCCCCCCCCCC/C=C/[N+](CCC(=O)O)(CCC(=O)O)CCC(=O)O. The number of rotatable bonds is 25. The number of hydrogen-bond donors (Lipinski definition) is 3. The summed E-state index contributed by atoms with van der Waals surface area (Å²) >= 11 is 0. The second kappa shape index (κ2) is 21.6. The van der Waals surface area contributed by atoms with Gasteiger partial charge in [-0.25, -0.2) is 0 Å². The average Bonchev–Trinajstić information content (AvgIpc) is 2.79. The number of unbranched alkanes of at least 4 members (excludes halogenated alkanes) is 14. The molecule has 0 aliphatic carbocycles. The predicted octanol–water partition coefficient (Wildman–Crippen LogP) is 6.61. The molecule has 7 nitrogen and oxygen atoms in total. The molecule has 3 N–H and O–H groups in total. The first-order chi connectivity index (χ1) is 16.3. The predicted molar refractivity (Wildman–Crippen MR) is 136 cm³/mol. The van der Waals surface area contributed by atoms with Gasteiger partial charge < -0.3 is 15.3 Å². The molecule has 0 atom stereocenters. The van der Waals surface area contributed by atoms with Crippen LogP contribution in [-0.4, -0.2) is 57.3 Å². The van der Waals surface area contributed by atoms with Crippen molar-refractivity contribution in [2.24, 2.45) is 0 Å². The number of aliphatic carboxylic acids is 3. The third-order valence-electron chi connectivity index (χ3n) is 6.46. The zero-order valence-corrected chi connectivity index (χ0v) is 21.5. The lowest BCUT2D eigenvalue weighted by Gasteiger charge is -2.34. The Kier molecular flexibility index (Phi) is 20.4. The molecule has 34 heavy (non-hydrogen) atoms. The average molecular weight is 485 g/mol. The van der Waals surface area contributed by atoms with E-state index >= 15 is 0 Å². The first kappa shape index (κ1) is 32.1. The van der Waals surface area contributed by atoms with Crippen LogP contribution in [0.1, 0.15) is 122 Å². The number of quaternary nitrogens is 1. The van der Waals surface area contributed by atoms with E-state index in [9.17, 15) is 14.4 Å². The highest BCUT2D eigenvalue weighted by atomic mass is 16.4. The number of carboxylic acids is 3. The van der Waals surface area contributed by atoms with Gasteiger partial charge in [-0.2, -0.15) is 0 Å². The molecule has 0 aliphatic rings. The van der Waals surface area contributed by atoms with Crippen LogP contribution < -0.4 is 0 Å². The van der Waals surface area contributed by atoms with E-state index in [-0.39, 0.29) is 43.4 Å². The van der Waals surface area contributed by atoms with Crippen molar-refractivity contribution in [3.05, 3.63) is 12.3 Å². The minimum atomic E-state index is -0.964. The maximum atomic E-state index is 11.1. The van der Waals surface area contributed by atoms with Crippen LogP contribution in [0.3, 0.4) is 0 Å². The first-order valence-corrected chi connectivity index (χ1v) is 13.5. The molecular weight excluding hydrogens is 434 g/mol. The molecule has 0 aromatic carbocycles. The summed E-state index contributed by atoms with van der Waals surface area (Å²) in [6, 6.07) is 0. The Balaban J connectivity index is 4.17. The van der Waals surface area contributed by atoms with E-state index in [0.29, 0.717) is 0 Å². The quantitative estimate of drug-likeness (QED) is 0.0992. The zero-order chi connectivity index (χ0) is 25.5. The van der Waals surface area contributed by atoms with Crippen LogP contribution in [0.2, 0.25) is 0 Å². The van der Waals surface area contributed by atoms with Gasteiger partial charge >= 0.3 is 17.9 Å². The largest absolute Gasteiger partial charge is 0.481 e. The van der Waals surface area contributed by atoms with Gasteiger partial charge in [0.15, 0.2) is 0 Å². The number of carboxylic acid groups (broad SMARTS) is 3. The highest BCUT2D eigenvalue weighted by Crippen LogP contribution is 2.16. The lowest BCUT2D eigenvalue weighted by atomic mass is 10.0. The van der Waals surface area contributed by atoms with Gasteiger partial charge in [-0.15, -0.1) is 0 Å². The van der Waals surface area contributed by atoms with Crippen molar-refractivity contribution in [3.63, 3.8) is 0 Å². The Morgan fingerprint density at radius 3 is 1.21 bits per heavy atom. The summed E-state index contributed by atoms with van der Waals surface area (Å²) < 4.78 is 0.0868. The fourth-order valence-electron chi connectivity index (χ4n) is 4.27. The molecule has 0 saturated heterocycles. The highest BCUT2D eigenvalue weighted by Gasteiger charge is 2.27. The van der Waals surface area contributed by atoms with Gasteiger partial charge in [-0.3, -0.25) is 18.9 Å². The van der Waals surface area contributed by atoms with Gasteiger partial charge in [-0.1, -0.05) is 90.4 Å². The molecule has 0 radical (unpaired) electrons. The lowest BCUT2D eigenvalue weighted by molar-refractivity contribution is -0.878. The third-order valence-corrected chi connectivity index (χ3v) is 6.46. The monoisotopic (exact) mass is 484 g/mol. The number of nitrogens with zero attached hydrogens (tertiary/aromatic N) is 1. The summed E-state index contributed by atoms with van der Waals surface area (Å²) in [5, 5.41) is 27.2. The van der Waals surface area contributed by atoms with Crippen LogP contribution in [0.4, 0.5) is 0 Å². The Hall–Kier alpha value is -1.89. The van der Waals surface area contributed by atoms with Crippen LogP contribution in [0.25, 0.3) is 0 Å². The molecule has 0 aliphatic heterocycles. The second-order valence-corrected chi connectivity index (χ2v) is 9.59. The molecule has 0 amide bonds. The molecule has 0 aromatic rings. The number of hydrogen-bond acceptors (Lipinski definition) is 3. The van der Waals surface area contributed by atoms with Gasteiger partial charge in [0.05, 0.1) is 45.1 Å². The van der Waals surface area contributed by atoms with Gasteiger partial charge in [-0.05, 0) is 18.9 Å². The smallest absolute Gasteiger partial charge is 0.309 e. The van der Waals surface area contributed by atoms with E-state index in [2.05, 4.69) is 6.92 Å². The topological polar surface area (TPSA) is 112 Å². The molecule has 0 aromatic heterocycles. The molecular formula is C27H50NO6+. The van der Waals surface area contributed by atoms with Crippen LogP contribution in [0.15, 0.2) is 12.3 Å². The van der Waals surface area contributed by atoms with Crippen LogP contribution in [-0.2, 0) is 14.4 Å². The van der Waals surface area contributed by atoms with Crippen molar-refractivity contribution in [1.82, 2.24) is 0 Å². The first-order valence-electron chi connectivity index (χ1n) is 13.5. The standard InChI is InChI=1S/C27H49NO6/c1-2-3-4-5-6-7-8-9-10-11-12-13-14-15-16-17-21-28(22-18-25(29)30,23-19-26(31)32)24-20-27(33)34/h17,21H,2-16,18-20,22-24H2,1H3,(H2-,29,30,31,32,33,34)/p+1/b21-17+. The normalized spacial score (nSPS) is 11.8. The van der Waals surface area contributed by atoms with Crippen molar-refractivity contribution in [2.75, 3.05) is 19.6 Å². The van der Waals surface area contributed by atoms with Crippen molar-refractivity contribution in [3.8, 4) is 0 Å². The highest BCUT2D eigenvalue weighted by molar-refractivity contribution is 5.67. The molecule has 0 heterocycles.